The Kier molecular flexibility index (Phi) is 4.10. The van der Waals surface area contributed by atoms with E-state index >= 15 is 0 Å². The molecular weight excluding hydrogens is 220 g/mol. The lowest BCUT2D eigenvalue weighted by Crippen LogP contribution is -2.05. The molecule has 14 heavy (non-hydrogen) atoms. The van der Waals surface area contributed by atoms with Gasteiger partial charge in [0.1, 0.15) is 0 Å². The fraction of sp³-hybridized carbons (Fsp3) is 0.556. The minimum Gasteiger partial charge on any atom is -0.270 e. The van der Waals surface area contributed by atoms with Gasteiger partial charge in [0, 0.05) is 4.88 Å². The van der Waals surface area contributed by atoms with Crippen molar-refractivity contribution in [2.75, 3.05) is 12.9 Å². The highest BCUT2D eigenvalue weighted by molar-refractivity contribution is 7.85. The molecule has 1 rings (SSSR count). The lowest BCUT2D eigenvalue weighted by atomic mass is 10.2. The molecule has 0 spiro atoms. The van der Waals surface area contributed by atoms with Crippen LogP contribution in [-0.2, 0) is 27.1 Å². The van der Waals surface area contributed by atoms with Crippen molar-refractivity contribution >= 4 is 21.5 Å². The molecule has 0 unspecified atom stereocenters. The molecule has 1 aromatic heterocycles. The van der Waals surface area contributed by atoms with E-state index in [0.717, 1.165) is 18.2 Å². The topological polar surface area (TPSA) is 43.4 Å². The fourth-order valence-electron chi connectivity index (χ4n) is 1.05. The van der Waals surface area contributed by atoms with E-state index in [1.807, 2.05) is 5.38 Å². The molecule has 1 heterocycles. The van der Waals surface area contributed by atoms with E-state index in [4.69, 9.17) is 0 Å². The molecule has 0 saturated heterocycles. The molecule has 0 radical (unpaired) electrons. The summed E-state index contributed by atoms with van der Waals surface area (Å²) in [5.74, 6) is 0. The van der Waals surface area contributed by atoms with Gasteiger partial charge < -0.3 is 0 Å². The summed E-state index contributed by atoms with van der Waals surface area (Å²) in [6, 6.07) is 2.09. The average molecular weight is 234 g/mol. The molecule has 0 bridgehead atoms. The number of hydrogen-bond donors (Lipinski definition) is 0. The van der Waals surface area contributed by atoms with E-state index in [1.165, 1.54) is 4.88 Å². The highest BCUT2D eigenvalue weighted by Crippen LogP contribution is 2.15. The monoisotopic (exact) mass is 234 g/mol. The van der Waals surface area contributed by atoms with Crippen LogP contribution in [0.4, 0.5) is 0 Å². The summed E-state index contributed by atoms with van der Waals surface area (Å²) < 4.78 is 26.0. The van der Waals surface area contributed by atoms with Gasteiger partial charge in [-0.3, -0.25) is 4.18 Å². The van der Waals surface area contributed by atoms with E-state index in [2.05, 4.69) is 17.2 Å². The maximum Gasteiger partial charge on any atom is 0.264 e. The summed E-state index contributed by atoms with van der Waals surface area (Å²) in [4.78, 5) is 1.32. The Bertz CT molecular complexity index is 379. The van der Waals surface area contributed by atoms with Gasteiger partial charge in [0.05, 0.1) is 12.9 Å². The van der Waals surface area contributed by atoms with Crippen LogP contribution in [0.3, 0.4) is 0 Å². The smallest absolute Gasteiger partial charge is 0.264 e. The molecule has 3 nitrogen and oxygen atoms in total. The van der Waals surface area contributed by atoms with Gasteiger partial charge in [-0.2, -0.15) is 8.42 Å². The Labute approximate surface area is 88.8 Å². The second-order valence-corrected chi connectivity index (χ2v) is 5.69. The number of thiophene rings is 1. The zero-order chi connectivity index (χ0) is 10.6. The minimum atomic E-state index is -3.29. The first-order valence-corrected chi connectivity index (χ1v) is 7.11. The lowest BCUT2D eigenvalue weighted by molar-refractivity contribution is 0.326. The lowest BCUT2D eigenvalue weighted by Gasteiger charge is -1.98. The van der Waals surface area contributed by atoms with Crippen LogP contribution in [0.2, 0.25) is 0 Å². The van der Waals surface area contributed by atoms with Crippen molar-refractivity contribution in [2.24, 2.45) is 0 Å². The number of aryl methyl sites for hydroxylation is 1. The quantitative estimate of drug-likeness (QED) is 0.730. The molecule has 0 aliphatic rings. The molecule has 0 aromatic carbocycles. The van der Waals surface area contributed by atoms with Crippen molar-refractivity contribution in [2.45, 2.75) is 19.8 Å². The van der Waals surface area contributed by atoms with Gasteiger partial charge in [-0.1, -0.05) is 6.92 Å². The zero-order valence-corrected chi connectivity index (χ0v) is 9.95. The second-order valence-electron chi connectivity index (χ2n) is 3.05. The summed E-state index contributed by atoms with van der Waals surface area (Å²) in [6.07, 6.45) is 2.75. The summed E-state index contributed by atoms with van der Waals surface area (Å²) in [5.41, 5.74) is 1.15. The van der Waals surface area contributed by atoms with Crippen LogP contribution in [0.15, 0.2) is 11.4 Å². The van der Waals surface area contributed by atoms with Crippen molar-refractivity contribution in [1.82, 2.24) is 0 Å². The van der Waals surface area contributed by atoms with E-state index < -0.39 is 10.1 Å². The van der Waals surface area contributed by atoms with Crippen molar-refractivity contribution in [1.29, 1.82) is 0 Å². The van der Waals surface area contributed by atoms with E-state index in [-0.39, 0.29) is 6.61 Å². The highest BCUT2D eigenvalue weighted by Gasteiger charge is 2.03. The maximum atomic E-state index is 10.7. The molecule has 0 aliphatic carbocycles. The standard InChI is InChI=1S/C9H14O3S2/c1-3-9-6-8(7-13-9)4-5-12-14(2,10)11/h6-7H,3-5H2,1-2H3. The normalized spacial score (nSPS) is 11.9. The van der Waals surface area contributed by atoms with Crippen LogP contribution in [0.1, 0.15) is 17.4 Å². The summed E-state index contributed by atoms with van der Waals surface area (Å²) in [6.45, 7) is 2.33. The third-order valence-corrected chi connectivity index (χ3v) is 3.47. The Morgan fingerprint density at radius 2 is 2.21 bits per heavy atom. The number of hydrogen-bond acceptors (Lipinski definition) is 4. The Morgan fingerprint density at radius 1 is 1.50 bits per heavy atom. The van der Waals surface area contributed by atoms with E-state index in [9.17, 15) is 8.42 Å². The van der Waals surface area contributed by atoms with Crippen LogP contribution in [-0.4, -0.2) is 21.3 Å². The minimum absolute atomic E-state index is 0.235. The third kappa shape index (κ3) is 4.21. The number of rotatable bonds is 5. The first-order valence-electron chi connectivity index (χ1n) is 4.42. The van der Waals surface area contributed by atoms with Crippen LogP contribution < -0.4 is 0 Å². The van der Waals surface area contributed by atoms with Gasteiger partial charge >= 0.3 is 0 Å². The molecule has 1 aromatic rings. The van der Waals surface area contributed by atoms with Gasteiger partial charge in [-0.05, 0) is 29.9 Å². The second kappa shape index (κ2) is 4.91. The molecule has 0 aliphatic heterocycles. The highest BCUT2D eigenvalue weighted by atomic mass is 32.2. The molecule has 0 fully saturated rings. The first kappa shape index (κ1) is 11.7. The van der Waals surface area contributed by atoms with Crippen molar-refractivity contribution < 1.29 is 12.6 Å². The Balaban J connectivity index is 2.39. The van der Waals surface area contributed by atoms with Crippen LogP contribution in [0.5, 0.6) is 0 Å². The van der Waals surface area contributed by atoms with Crippen LogP contribution >= 0.6 is 11.3 Å². The van der Waals surface area contributed by atoms with Gasteiger partial charge in [0.15, 0.2) is 0 Å². The van der Waals surface area contributed by atoms with Gasteiger partial charge in [0.25, 0.3) is 10.1 Å². The molecule has 5 heteroatoms. The molecule has 0 amide bonds. The maximum absolute atomic E-state index is 10.7. The largest absolute Gasteiger partial charge is 0.270 e. The first-order chi connectivity index (χ1) is 6.51. The van der Waals surface area contributed by atoms with Gasteiger partial charge in [0.2, 0.25) is 0 Å². The van der Waals surface area contributed by atoms with Crippen molar-refractivity contribution in [3.8, 4) is 0 Å². The predicted molar refractivity (Wildman–Crippen MR) is 58.2 cm³/mol. The Morgan fingerprint density at radius 3 is 2.71 bits per heavy atom. The SMILES string of the molecule is CCc1cc(CCOS(C)(=O)=O)cs1. The van der Waals surface area contributed by atoms with Crippen LogP contribution in [0, 0.1) is 0 Å². The molecule has 0 N–H and O–H groups in total. The Hall–Kier alpha value is -0.390. The average Bonchev–Trinajstić information content (AvgIpc) is 2.50. The van der Waals surface area contributed by atoms with Crippen LogP contribution in [0.25, 0.3) is 0 Å². The fourth-order valence-corrected chi connectivity index (χ4v) is 2.31. The van der Waals surface area contributed by atoms with Crippen molar-refractivity contribution in [3.63, 3.8) is 0 Å². The zero-order valence-electron chi connectivity index (χ0n) is 8.32. The third-order valence-electron chi connectivity index (χ3n) is 1.74. The van der Waals surface area contributed by atoms with E-state index in [0.29, 0.717) is 6.42 Å². The summed E-state index contributed by atoms with van der Waals surface area (Å²) in [5, 5.41) is 2.05. The summed E-state index contributed by atoms with van der Waals surface area (Å²) in [7, 11) is -3.29. The molecular formula is C9H14O3S2. The van der Waals surface area contributed by atoms with Gasteiger partial charge in [-0.25, -0.2) is 0 Å². The summed E-state index contributed by atoms with van der Waals surface area (Å²) >= 11 is 1.70. The predicted octanol–water partition coefficient (Wildman–Crippen LogP) is 1.83. The van der Waals surface area contributed by atoms with E-state index in [1.54, 1.807) is 11.3 Å². The molecule has 80 valence electrons. The molecule has 0 saturated carbocycles. The van der Waals surface area contributed by atoms with Crippen molar-refractivity contribution in [3.05, 3.63) is 21.9 Å². The van der Waals surface area contributed by atoms with Gasteiger partial charge in [-0.15, -0.1) is 11.3 Å². The molecule has 0 atom stereocenters.